The van der Waals surface area contributed by atoms with Crippen LogP contribution in [0, 0.1) is 34.9 Å². The van der Waals surface area contributed by atoms with Crippen LogP contribution < -0.4 is 4.74 Å². The van der Waals surface area contributed by atoms with E-state index in [-0.39, 0.29) is 22.4 Å². The van der Waals surface area contributed by atoms with Gasteiger partial charge in [-0.2, -0.15) is 0 Å². The second-order valence-corrected chi connectivity index (χ2v) is 4.88. The number of hydrogen-bond donors (Lipinski definition) is 0. The van der Waals surface area contributed by atoms with Crippen molar-refractivity contribution in [3.05, 3.63) is 53.1 Å². The molecule has 0 aliphatic heterocycles. The second-order valence-electron chi connectivity index (χ2n) is 3.80. The summed E-state index contributed by atoms with van der Waals surface area (Å²) in [5.74, 6) is -11.2. The van der Waals surface area contributed by atoms with Crippen molar-refractivity contribution in [1.29, 1.82) is 0 Å². The highest BCUT2D eigenvalue weighted by molar-refractivity contribution is 7.99. The lowest BCUT2D eigenvalue weighted by molar-refractivity contribution is 0.361. The van der Waals surface area contributed by atoms with Gasteiger partial charge in [-0.1, -0.05) is 11.8 Å². The molecule has 0 aliphatic rings. The summed E-state index contributed by atoms with van der Waals surface area (Å²) >= 11 is 0.219. The predicted molar refractivity (Wildman–Crippen MR) is 63.3 cm³/mol. The summed E-state index contributed by atoms with van der Waals surface area (Å²) in [6.45, 7) is 0. The maximum Gasteiger partial charge on any atom is 0.200 e. The number of ether oxygens (including phenoxy) is 1. The number of benzene rings is 2. The number of rotatable bonds is 3. The summed E-state index contributed by atoms with van der Waals surface area (Å²) in [7, 11) is 1.22. The minimum Gasteiger partial charge on any atom is -0.494 e. The van der Waals surface area contributed by atoms with Gasteiger partial charge in [-0.3, -0.25) is 0 Å². The van der Waals surface area contributed by atoms with Crippen molar-refractivity contribution in [3.63, 3.8) is 0 Å². The Morgan fingerprint density at radius 2 is 1.33 bits per heavy atom. The summed E-state index contributed by atoms with van der Waals surface area (Å²) in [6, 6.07) is 3.26. The molecule has 0 bridgehead atoms. The standard InChI is InChI=1S/C13H6F6OS/c1-20-7-3-2-5(4-6(7)14)21-13-11(18)9(16)8(15)10(17)12(13)19/h2-4H,1H3. The molecule has 0 atom stereocenters. The molecule has 0 aromatic heterocycles. The second kappa shape index (κ2) is 5.88. The molecule has 2 aromatic carbocycles. The first-order valence-corrected chi connectivity index (χ1v) is 6.21. The topological polar surface area (TPSA) is 9.23 Å². The molecular formula is C13H6F6OS. The fourth-order valence-corrected chi connectivity index (χ4v) is 2.40. The highest BCUT2D eigenvalue weighted by Gasteiger charge is 2.26. The van der Waals surface area contributed by atoms with Crippen LogP contribution in [-0.4, -0.2) is 7.11 Å². The molecule has 8 heteroatoms. The third kappa shape index (κ3) is 2.80. The summed E-state index contributed by atoms with van der Waals surface area (Å²) in [6.07, 6.45) is 0. The van der Waals surface area contributed by atoms with E-state index >= 15 is 0 Å². The van der Waals surface area contributed by atoms with Crippen LogP contribution in [0.4, 0.5) is 26.3 Å². The van der Waals surface area contributed by atoms with Gasteiger partial charge in [0.1, 0.15) is 0 Å². The summed E-state index contributed by atoms with van der Waals surface area (Å²) in [4.78, 5) is -1.15. The van der Waals surface area contributed by atoms with Crippen molar-refractivity contribution in [2.24, 2.45) is 0 Å². The molecule has 2 rings (SSSR count). The third-order valence-corrected chi connectivity index (χ3v) is 3.56. The highest BCUT2D eigenvalue weighted by atomic mass is 32.2. The van der Waals surface area contributed by atoms with E-state index in [0.29, 0.717) is 0 Å². The average Bonchev–Trinajstić information content (AvgIpc) is 2.48. The quantitative estimate of drug-likeness (QED) is 0.460. The van der Waals surface area contributed by atoms with E-state index in [9.17, 15) is 26.3 Å². The highest BCUT2D eigenvalue weighted by Crippen LogP contribution is 2.36. The van der Waals surface area contributed by atoms with Crippen LogP contribution in [0.15, 0.2) is 28.0 Å². The summed E-state index contributed by atoms with van der Waals surface area (Å²) < 4.78 is 84.0. The molecule has 0 unspecified atom stereocenters. The lowest BCUT2D eigenvalue weighted by Gasteiger charge is -2.08. The Labute approximate surface area is 119 Å². The van der Waals surface area contributed by atoms with Gasteiger partial charge in [0.2, 0.25) is 5.82 Å². The zero-order chi connectivity index (χ0) is 15.7. The normalized spacial score (nSPS) is 10.8. The van der Waals surface area contributed by atoms with Crippen LogP contribution in [0.5, 0.6) is 5.75 Å². The average molecular weight is 324 g/mol. The van der Waals surface area contributed by atoms with Gasteiger partial charge in [0.25, 0.3) is 0 Å². The number of methoxy groups -OCH3 is 1. The molecule has 0 N–H and O–H groups in total. The Morgan fingerprint density at radius 3 is 1.81 bits per heavy atom. The summed E-state index contributed by atoms with van der Waals surface area (Å²) in [5.41, 5.74) is 0. The molecule has 1 nitrogen and oxygen atoms in total. The van der Waals surface area contributed by atoms with E-state index in [2.05, 4.69) is 4.74 Å². The molecule has 112 valence electrons. The third-order valence-electron chi connectivity index (χ3n) is 2.51. The van der Waals surface area contributed by atoms with Gasteiger partial charge in [-0.15, -0.1) is 0 Å². The SMILES string of the molecule is COc1ccc(Sc2c(F)c(F)c(F)c(F)c2F)cc1F. The van der Waals surface area contributed by atoms with Crippen LogP contribution in [0.1, 0.15) is 0 Å². The van der Waals surface area contributed by atoms with Gasteiger partial charge in [0, 0.05) is 4.90 Å². The van der Waals surface area contributed by atoms with Crippen molar-refractivity contribution >= 4 is 11.8 Å². The van der Waals surface area contributed by atoms with Gasteiger partial charge in [0.15, 0.2) is 34.8 Å². The number of hydrogen-bond acceptors (Lipinski definition) is 2. The van der Waals surface area contributed by atoms with Crippen LogP contribution in [0.3, 0.4) is 0 Å². The zero-order valence-corrected chi connectivity index (χ0v) is 11.1. The fraction of sp³-hybridized carbons (Fsp3) is 0.0769. The molecule has 0 saturated heterocycles. The Balaban J connectivity index is 2.47. The molecule has 0 aliphatic carbocycles. The zero-order valence-electron chi connectivity index (χ0n) is 10.3. The van der Waals surface area contributed by atoms with Crippen LogP contribution in [0.25, 0.3) is 0 Å². The van der Waals surface area contributed by atoms with Crippen molar-refractivity contribution < 1.29 is 31.1 Å². The molecule has 0 heterocycles. The molecule has 0 spiro atoms. The van der Waals surface area contributed by atoms with Gasteiger partial charge >= 0.3 is 0 Å². The first-order chi connectivity index (χ1) is 9.86. The molecule has 2 aromatic rings. The molecule has 0 fully saturated rings. The van der Waals surface area contributed by atoms with Crippen LogP contribution in [-0.2, 0) is 0 Å². The van der Waals surface area contributed by atoms with Crippen molar-refractivity contribution in [3.8, 4) is 5.75 Å². The minimum absolute atomic E-state index is 0.0449. The largest absolute Gasteiger partial charge is 0.494 e. The van der Waals surface area contributed by atoms with Gasteiger partial charge in [-0.25, -0.2) is 26.3 Å². The van der Waals surface area contributed by atoms with Gasteiger partial charge in [0.05, 0.1) is 12.0 Å². The van der Waals surface area contributed by atoms with E-state index in [1.807, 2.05) is 0 Å². The van der Waals surface area contributed by atoms with Crippen molar-refractivity contribution in [1.82, 2.24) is 0 Å². The van der Waals surface area contributed by atoms with Crippen molar-refractivity contribution in [2.45, 2.75) is 9.79 Å². The van der Waals surface area contributed by atoms with E-state index in [1.165, 1.54) is 19.2 Å². The van der Waals surface area contributed by atoms with Crippen LogP contribution >= 0.6 is 11.8 Å². The predicted octanol–water partition coefficient (Wildman–Crippen LogP) is 4.68. The van der Waals surface area contributed by atoms with E-state index in [1.54, 1.807) is 0 Å². The monoisotopic (exact) mass is 324 g/mol. The Kier molecular flexibility index (Phi) is 4.36. The lowest BCUT2D eigenvalue weighted by atomic mass is 10.3. The Morgan fingerprint density at radius 1 is 0.810 bits per heavy atom. The van der Waals surface area contributed by atoms with Crippen molar-refractivity contribution in [2.75, 3.05) is 7.11 Å². The van der Waals surface area contributed by atoms with E-state index < -0.39 is 39.8 Å². The fourth-order valence-electron chi connectivity index (χ4n) is 1.50. The van der Waals surface area contributed by atoms with Gasteiger partial charge in [-0.05, 0) is 18.2 Å². The Hall–Kier alpha value is -1.83. The van der Waals surface area contributed by atoms with Crippen LogP contribution in [0.2, 0.25) is 0 Å². The minimum atomic E-state index is -2.24. The van der Waals surface area contributed by atoms with E-state index in [0.717, 1.165) is 6.07 Å². The molecule has 0 amide bonds. The first kappa shape index (κ1) is 15.6. The molecule has 21 heavy (non-hydrogen) atoms. The Bertz CT molecular complexity index is 675. The maximum absolute atomic E-state index is 13.5. The first-order valence-electron chi connectivity index (χ1n) is 5.39. The van der Waals surface area contributed by atoms with Gasteiger partial charge < -0.3 is 4.74 Å². The summed E-state index contributed by atoms with van der Waals surface area (Å²) in [5, 5.41) is 0. The maximum atomic E-state index is 13.5. The molecular weight excluding hydrogens is 318 g/mol. The molecule has 0 radical (unpaired) electrons. The smallest absolute Gasteiger partial charge is 0.200 e. The lowest BCUT2D eigenvalue weighted by Crippen LogP contribution is -2.03. The molecule has 0 saturated carbocycles. The number of halogens is 6. The van der Waals surface area contributed by atoms with E-state index in [4.69, 9.17) is 0 Å².